The zero-order valence-corrected chi connectivity index (χ0v) is 11.1. The molecule has 0 saturated carbocycles. The molecule has 0 atom stereocenters. The minimum absolute atomic E-state index is 0.403. The standard InChI is InChI=1S/C14H11ClN4O/c15-11-5-6-12(10-4-2-1-3-9(10)11)20-14-7-13(19-16)17-8-18-14/h1-8H,16H2,(H,17,18,19). The largest absolute Gasteiger partial charge is 0.438 e. The monoisotopic (exact) mass is 286 g/mol. The fourth-order valence-corrected chi connectivity index (χ4v) is 2.14. The van der Waals surface area contributed by atoms with Crippen LogP contribution in [0.4, 0.5) is 5.82 Å². The van der Waals surface area contributed by atoms with E-state index in [1.165, 1.54) is 6.33 Å². The van der Waals surface area contributed by atoms with Gasteiger partial charge >= 0.3 is 0 Å². The van der Waals surface area contributed by atoms with Crippen molar-refractivity contribution in [3.63, 3.8) is 0 Å². The van der Waals surface area contributed by atoms with Gasteiger partial charge in [-0.2, -0.15) is 0 Å². The van der Waals surface area contributed by atoms with Gasteiger partial charge in [-0.05, 0) is 12.1 Å². The molecule has 0 aliphatic rings. The van der Waals surface area contributed by atoms with Crippen LogP contribution in [-0.4, -0.2) is 9.97 Å². The summed E-state index contributed by atoms with van der Waals surface area (Å²) in [6.07, 6.45) is 1.38. The van der Waals surface area contributed by atoms with Crippen molar-refractivity contribution in [3.05, 3.63) is 53.8 Å². The van der Waals surface area contributed by atoms with Crippen LogP contribution in [0.1, 0.15) is 0 Å². The summed E-state index contributed by atoms with van der Waals surface area (Å²) in [7, 11) is 0. The first-order chi connectivity index (χ1) is 9.78. The highest BCUT2D eigenvalue weighted by Crippen LogP contribution is 2.33. The van der Waals surface area contributed by atoms with Gasteiger partial charge in [0.2, 0.25) is 5.88 Å². The first-order valence-electron chi connectivity index (χ1n) is 5.91. The number of benzene rings is 2. The van der Waals surface area contributed by atoms with Crippen LogP contribution < -0.4 is 16.0 Å². The van der Waals surface area contributed by atoms with Gasteiger partial charge in [-0.3, -0.25) is 0 Å². The Morgan fingerprint density at radius 1 is 1.05 bits per heavy atom. The maximum absolute atomic E-state index is 6.17. The Bertz CT molecular complexity index is 763. The number of nitrogen functional groups attached to an aromatic ring is 1. The number of nitrogens with zero attached hydrogens (tertiary/aromatic N) is 2. The molecule has 1 aromatic heterocycles. The van der Waals surface area contributed by atoms with Crippen LogP contribution in [0.5, 0.6) is 11.6 Å². The number of rotatable bonds is 3. The van der Waals surface area contributed by atoms with Crippen molar-refractivity contribution in [3.8, 4) is 11.6 Å². The summed E-state index contributed by atoms with van der Waals surface area (Å²) in [6, 6.07) is 13.0. The molecule has 0 aliphatic carbocycles. The summed E-state index contributed by atoms with van der Waals surface area (Å²) >= 11 is 6.17. The summed E-state index contributed by atoms with van der Waals surface area (Å²) in [5.41, 5.74) is 2.45. The number of fused-ring (bicyclic) bond motifs is 1. The highest BCUT2D eigenvalue weighted by atomic mass is 35.5. The molecule has 0 fully saturated rings. The third-order valence-corrected chi connectivity index (χ3v) is 3.16. The fourth-order valence-electron chi connectivity index (χ4n) is 1.91. The Morgan fingerprint density at radius 3 is 2.65 bits per heavy atom. The lowest BCUT2D eigenvalue weighted by Gasteiger charge is -2.09. The molecule has 3 N–H and O–H groups in total. The van der Waals surface area contributed by atoms with Crippen LogP contribution >= 0.6 is 11.6 Å². The summed E-state index contributed by atoms with van der Waals surface area (Å²) in [5.74, 6) is 6.87. The molecule has 1 heterocycles. The van der Waals surface area contributed by atoms with E-state index in [-0.39, 0.29) is 0 Å². The topological polar surface area (TPSA) is 73.1 Å². The van der Waals surface area contributed by atoms with Gasteiger partial charge in [0, 0.05) is 21.9 Å². The molecule has 0 spiro atoms. The van der Waals surface area contributed by atoms with Gasteiger partial charge in [0.05, 0.1) is 0 Å². The molecule has 5 nitrogen and oxygen atoms in total. The predicted octanol–water partition coefficient (Wildman–Crippen LogP) is 3.36. The first-order valence-corrected chi connectivity index (χ1v) is 6.29. The fraction of sp³-hybridized carbons (Fsp3) is 0. The second kappa shape index (κ2) is 5.32. The summed E-state index contributed by atoms with van der Waals surface area (Å²) in [4.78, 5) is 7.98. The van der Waals surface area contributed by atoms with E-state index in [0.29, 0.717) is 22.5 Å². The van der Waals surface area contributed by atoms with Crippen LogP contribution in [0, 0.1) is 0 Å². The number of nitrogens with two attached hydrogens (primary N) is 1. The minimum Gasteiger partial charge on any atom is -0.438 e. The number of anilines is 1. The van der Waals surface area contributed by atoms with E-state index in [1.807, 2.05) is 30.3 Å². The van der Waals surface area contributed by atoms with E-state index in [2.05, 4.69) is 15.4 Å². The van der Waals surface area contributed by atoms with Crippen molar-refractivity contribution in [2.45, 2.75) is 0 Å². The molecule has 100 valence electrons. The average Bonchev–Trinajstić information content (AvgIpc) is 2.51. The average molecular weight is 287 g/mol. The third kappa shape index (κ3) is 2.36. The smallest absolute Gasteiger partial charge is 0.224 e. The lowest BCUT2D eigenvalue weighted by Crippen LogP contribution is -2.08. The van der Waals surface area contributed by atoms with Crippen molar-refractivity contribution in [2.75, 3.05) is 5.43 Å². The Morgan fingerprint density at radius 2 is 1.85 bits per heavy atom. The molecule has 3 aromatic rings. The van der Waals surface area contributed by atoms with E-state index >= 15 is 0 Å². The van der Waals surface area contributed by atoms with Crippen molar-refractivity contribution in [1.29, 1.82) is 0 Å². The Balaban J connectivity index is 2.04. The van der Waals surface area contributed by atoms with Crippen molar-refractivity contribution in [1.82, 2.24) is 9.97 Å². The quantitative estimate of drug-likeness (QED) is 0.570. The molecule has 20 heavy (non-hydrogen) atoms. The predicted molar refractivity (Wildman–Crippen MR) is 78.9 cm³/mol. The Kier molecular flexibility index (Phi) is 3.37. The van der Waals surface area contributed by atoms with Gasteiger partial charge in [-0.15, -0.1) is 0 Å². The maximum atomic E-state index is 6.17. The van der Waals surface area contributed by atoms with Crippen molar-refractivity contribution < 1.29 is 4.74 Å². The number of hydrazine groups is 1. The molecular weight excluding hydrogens is 276 g/mol. The second-order valence-electron chi connectivity index (χ2n) is 4.08. The molecular formula is C14H11ClN4O. The maximum Gasteiger partial charge on any atom is 0.224 e. The van der Waals surface area contributed by atoms with E-state index in [9.17, 15) is 0 Å². The van der Waals surface area contributed by atoms with Crippen molar-refractivity contribution >= 4 is 28.2 Å². The van der Waals surface area contributed by atoms with Crippen LogP contribution in [0.15, 0.2) is 48.8 Å². The lowest BCUT2D eigenvalue weighted by atomic mass is 10.1. The number of aromatic nitrogens is 2. The summed E-state index contributed by atoms with van der Waals surface area (Å²) < 4.78 is 5.78. The SMILES string of the molecule is NNc1cc(Oc2ccc(Cl)c3ccccc23)ncn1. The molecule has 0 unspecified atom stereocenters. The number of hydrogen-bond acceptors (Lipinski definition) is 5. The second-order valence-corrected chi connectivity index (χ2v) is 4.49. The van der Waals surface area contributed by atoms with Gasteiger partial charge in [-0.25, -0.2) is 15.8 Å². The van der Waals surface area contributed by atoms with E-state index in [4.69, 9.17) is 22.2 Å². The van der Waals surface area contributed by atoms with E-state index < -0.39 is 0 Å². The highest BCUT2D eigenvalue weighted by Gasteiger charge is 2.07. The molecule has 0 radical (unpaired) electrons. The molecule has 0 amide bonds. The molecule has 3 rings (SSSR count). The van der Waals surface area contributed by atoms with Gasteiger partial charge in [0.25, 0.3) is 0 Å². The van der Waals surface area contributed by atoms with Gasteiger partial charge in [0.1, 0.15) is 17.9 Å². The number of ether oxygens (including phenoxy) is 1. The van der Waals surface area contributed by atoms with E-state index in [0.717, 1.165) is 10.8 Å². The number of nitrogens with one attached hydrogen (secondary N) is 1. The summed E-state index contributed by atoms with van der Waals surface area (Å²) in [6.45, 7) is 0. The zero-order chi connectivity index (χ0) is 13.9. The molecule has 0 aliphatic heterocycles. The van der Waals surface area contributed by atoms with Gasteiger partial charge < -0.3 is 10.2 Å². The molecule has 0 saturated heterocycles. The van der Waals surface area contributed by atoms with Crippen LogP contribution in [0.25, 0.3) is 10.8 Å². The third-order valence-electron chi connectivity index (χ3n) is 2.84. The molecule has 2 aromatic carbocycles. The lowest BCUT2D eigenvalue weighted by molar-refractivity contribution is 0.467. The van der Waals surface area contributed by atoms with Crippen LogP contribution in [0.2, 0.25) is 5.02 Å². The Hall–Kier alpha value is -2.37. The van der Waals surface area contributed by atoms with Gasteiger partial charge in [-0.1, -0.05) is 35.9 Å². The molecule has 6 heteroatoms. The summed E-state index contributed by atoms with van der Waals surface area (Å²) in [5, 5.41) is 2.53. The van der Waals surface area contributed by atoms with Gasteiger partial charge in [0.15, 0.2) is 0 Å². The number of hydrogen-bond donors (Lipinski definition) is 2. The molecule has 0 bridgehead atoms. The van der Waals surface area contributed by atoms with E-state index in [1.54, 1.807) is 12.1 Å². The number of halogens is 1. The normalized spacial score (nSPS) is 10.5. The van der Waals surface area contributed by atoms with Crippen LogP contribution in [0.3, 0.4) is 0 Å². The van der Waals surface area contributed by atoms with Crippen molar-refractivity contribution in [2.24, 2.45) is 5.84 Å². The Labute approximate surface area is 120 Å². The zero-order valence-electron chi connectivity index (χ0n) is 10.4. The highest BCUT2D eigenvalue weighted by molar-refractivity contribution is 6.35. The van der Waals surface area contributed by atoms with Crippen LogP contribution in [-0.2, 0) is 0 Å². The minimum atomic E-state index is 0.403. The first kappa shape index (κ1) is 12.7.